The zero-order valence-corrected chi connectivity index (χ0v) is 8.81. The number of nitrogens with zero attached hydrogens (tertiary/aromatic N) is 3. The van der Waals surface area contributed by atoms with Crippen LogP contribution in [0.25, 0.3) is 0 Å². The highest BCUT2D eigenvalue weighted by molar-refractivity contribution is 7.91. The summed E-state index contributed by atoms with van der Waals surface area (Å²) in [4.78, 5) is 9.63. The topological polar surface area (TPSA) is 83.4 Å². The van der Waals surface area contributed by atoms with E-state index in [1.54, 1.807) is 4.90 Å². The summed E-state index contributed by atoms with van der Waals surface area (Å²) in [5, 5.41) is 9.00. The molecule has 82 valence electrons. The molecule has 2 rings (SSSR count). The summed E-state index contributed by atoms with van der Waals surface area (Å²) in [7, 11) is -2.88. The number of hydrogen-bond acceptors (Lipinski definition) is 6. The van der Waals surface area contributed by atoms with E-state index >= 15 is 0 Å². The van der Waals surface area contributed by atoms with Crippen LogP contribution in [0.5, 0.6) is 5.75 Å². The molecule has 0 bridgehead atoms. The lowest BCUT2D eigenvalue weighted by Gasteiger charge is -2.26. The van der Waals surface area contributed by atoms with Crippen molar-refractivity contribution in [3.8, 4) is 5.75 Å². The van der Waals surface area contributed by atoms with Gasteiger partial charge in [-0.25, -0.2) is 18.4 Å². The average molecular weight is 229 g/mol. The zero-order chi connectivity index (χ0) is 10.9. The molecule has 0 aromatic carbocycles. The lowest BCUT2D eigenvalue weighted by atomic mass is 10.5. The molecule has 7 heteroatoms. The first-order valence-electron chi connectivity index (χ1n) is 4.53. The summed E-state index contributed by atoms with van der Waals surface area (Å²) < 4.78 is 22.3. The Morgan fingerprint density at radius 1 is 1.20 bits per heavy atom. The van der Waals surface area contributed by atoms with Gasteiger partial charge in [-0.05, 0) is 0 Å². The van der Waals surface area contributed by atoms with E-state index in [0.717, 1.165) is 0 Å². The van der Waals surface area contributed by atoms with Crippen molar-refractivity contribution < 1.29 is 13.5 Å². The van der Waals surface area contributed by atoms with E-state index in [0.29, 0.717) is 19.0 Å². The molecule has 0 spiro atoms. The Morgan fingerprint density at radius 3 is 2.27 bits per heavy atom. The van der Waals surface area contributed by atoms with E-state index < -0.39 is 9.84 Å². The molecule has 1 aromatic rings. The molecule has 0 aliphatic carbocycles. The number of aromatic nitrogens is 2. The monoisotopic (exact) mass is 229 g/mol. The van der Waals surface area contributed by atoms with Crippen molar-refractivity contribution in [3.63, 3.8) is 0 Å². The summed E-state index contributed by atoms with van der Waals surface area (Å²) in [6.45, 7) is 0.820. The molecular formula is C8H11N3O3S. The number of sulfone groups is 1. The Labute approximate surface area is 87.5 Å². The maximum Gasteiger partial charge on any atom is 0.225 e. The minimum Gasteiger partial charge on any atom is -0.505 e. The van der Waals surface area contributed by atoms with Gasteiger partial charge in [0.2, 0.25) is 5.95 Å². The van der Waals surface area contributed by atoms with E-state index in [1.807, 2.05) is 0 Å². The number of anilines is 1. The summed E-state index contributed by atoms with van der Waals surface area (Å²) >= 11 is 0. The van der Waals surface area contributed by atoms with E-state index in [2.05, 4.69) is 9.97 Å². The van der Waals surface area contributed by atoms with Gasteiger partial charge in [0, 0.05) is 13.1 Å². The molecule has 15 heavy (non-hydrogen) atoms. The summed E-state index contributed by atoms with van der Waals surface area (Å²) in [5.74, 6) is 0.736. The molecule has 1 aromatic heterocycles. The third kappa shape index (κ3) is 2.35. The smallest absolute Gasteiger partial charge is 0.225 e. The molecule has 0 atom stereocenters. The Morgan fingerprint density at radius 2 is 1.73 bits per heavy atom. The van der Waals surface area contributed by atoms with Crippen LogP contribution >= 0.6 is 0 Å². The molecule has 6 nitrogen and oxygen atoms in total. The highest BCUT2D eigenvalue weighted by Crippen LogP contribution is 2.13. The molecular weight excluding hydrogens is 218 g/mol. The largest absolute Gasteiger partial charge is 0.505 e. The lowest BCUT2D eigenvalue weighted by molar-refractivity contribution is 0.469. The maximum atomic E-state index is 11.2. The van der Waals surface area contributed by atoms with Gasteiger partial charge in [-0.15, -0.1) is 0 Å². The third-order valence-corrected chi connectivity index (χ3v) is 3.86. The summed E-state index contributed by atoms with van der Waals surface area (Å²) in [5.41, 5.74) is 0. The molecule has 2 heterocycles. The first kappa shape index (κ1) is 10.2. The van der Waals surface area contributed by atoms with Crippen LogP contribution in [0.1, 0.15) is 0 Å². The fourth-order valence-electron chi connectivity index (χ4n) is 1.39. The van der Waals surface area contributed by atoms with Gasteiger partial charge in [-0.3, -0.25) is 0 Å². The molecule has 1 fully saturated rings. The Bertz CT molecular complexity index is 429. The van der Waals surface area contributed by atoms with Gasteiger partial charge in [0.25, 0.3) is 0 Å². The second-order valence-electron chi connectivity index (χ2n) is 3.38. The highest BCUT2D eigenvalue weighted by atomic mass is 32.2. The SMILES string of the molecule is O=S1(=O)CCN(c2ncc(O)cn2)CC1. The van der Waals surface area contributed by atoms with Crippen LogP contribution < -0.4 is 4.90 Å². The van der Waals surface area contributed by atoms with E-state index in [4.69, 9.17) is 5.11 Å². The lowest BCUT2D eigenvalue weighted by Crippen LogP contribution is -2.41. The van der Waals surface area contributed by atoms with Gasteiger partial charge in [-0.1, -0.05) is 0 Å². The van der Waals surface area contributed by atoms with Crippen LogP contribution in [0, 0.1) is 0 Å². The number of aromatic hydroxyl groups is 1. The molecule has 0 radical (unpaired) electrons. The third-order valence-electron chi connectivity index (χ3n) is 2.25. The van der Waals surface area contributed by atoms with Crippen molar-refractivity contribution >= 4 is 15.8 Å². The van der Waals surface area contributed by atoms with Crippen molar-refractivity contribution in [2.24, 2.45) is 0 Å². The molecule has 0 saturated carbocycles. The van der Waals surface area contributed by atoms with Crippen LogP contribution in [-0.2, 0) is 9.84 Å². The minimum absolute atomic E-state index is 0.00313. The zero-order valence-electron chi connectivity index (χ0n) is 8.00. The molecule has 1 N–H and O–H groups in total. The van der Waals surface area contributed by atoms with Crippen LogP contribution in [0.2, 0.25) is 0 Å². The van der Waals surface area contributed by atoms with Gasteiger partial charge in [0.05, 0.1) is 23.9 Å². The summed E-state index contributed by atoms with van der Waals surface area (Å²) in [6.07, 6.45) is 2.59. The number of rotatable bonds is 1. The number of hydrogen-bond donors (Lipinski definition) is 1. The van der Waals surface area contributed by atoms with Gasteiger partial charge in [0.15, 0.2) is 15.6 Å². The normalized spacial score (nSPS) is 20.1. The quantitative estimate of drug-likeness (QED) is 0.693. The van der Waals surface area contributed by atoms with E-state index in [9.17, 15) is 8.42 Å². The van der Waals surface area contributed by atoms with Crippen molar-refractivity contribution in [3.05, 3.63) is 12.4 Å². The first-order valence-corrected chi connectivity index (χ1v) is 6.35. The minimum atomic E-state index is -2.88. The van der Waals surface area contributed by atoms with Crippen LogP contribution in [0.4, 0.5) is 5.95 Å². The van der Waals surface area contributed by atoms with E-state index in [1.165, 1.54) is 12.4 Å². The van der Waals surface area contributed by atoms with E-state index in [-0.39, 0.29) is 17.3 Å². The molecule has 1 saturated heterocycles. The Hall–Kier alpha value is -1.37. The van der Waals surface area contributed by atoms with Crippen LogP contribution in [0.15, 0.2) is 12.4 Å². The standard InChI is InChI=1S/C8H11N3O3S/c12-7-5-9-8(10-6-7)11-1-3-15(13,14)4-2-11/h5-6,12H,1-4H2. The van der Waals surface area contributed by atoms with Crippen molar-refractivity contribution in [2.75, 3.05) is 29.5 Å². The van der Waals surface area contributed by atoms with Crippen molar-refractivity contribution in [2.45, 2.75) is 0 Å². The average Bonchev–Trinajstić information content (AvgIpc) is 2.20. The van der Waals surface area contributed by atoms with Gasteiger partial charge < -0.3 is 10.0 Å². The van der Waals surface area contributed by atoms with Crippen molar-refractivity contribution in [1.29, 1.82) is 0 Å². The Kier molecular flexibility index (Phi) is 2.47. The van der Waals surface area contributed by atoms with Crippen molar-refractivity contribution in [1.82, 2.24) is 9.97 Å². The van der Waals surface area contributed by atoms with Gasteiger partial charge >= 0.3 is 0 Å². The molecule has 1 aliphatic heterocycles. The highest BCUT2D eigenvalue weighted by Gasteiger charge is 2.22. The maximum absolute atomic E-state index is 11.2. The predicted molar refractivity (Wildman–Crippen MR) is 54.6 cm³/mol. The second kappa shape index (κ2) is 3.65. The van der Waals surface area contributed by atoms with Gasteiger partial charge in [-0.2, -0.15) is 0 Å². The fraction of sp³-hybridized carbons (Fsp3) is 0.500. The molecule has 0 unspecified atom stereocenters. The fourth-order valence-corrected chi connectivity index (χ4v) is 2.59. The second-order valence-corrected chi connectivity index (χ2v) is 5.68. The first-order chi connectivity index (χ1) is 7.07. The molecule has 0 amide bonds. The Balaban J connectivity index is 2.11. The van der Waals surface area contributed by atoms with Crippen LogP contribution in [0.3, 0.4) is 0 Å². The van der Waals surface area contributed by atoms with Crippen LogP contribution in [-0.4, -0.2) is 48.1 Å². The van der Waals surface area contributed by atoms with Gasteiger partial charge in [0.1, 0.15) is 0 Å². The molecule has 1 aliphatic rings. The predicted octanol–water partition coefficient (Wildman–Crippen LogP) is -0.583. The summed E-state index contributed by atoms with van der Waals surface area (Å²) in [6, 6.07) is 0.